The summed E-state index contributed by atoms with van der Waals surface area (Å²) in [6, 6.07) is 0. The van der Waals surface area contributed by atoms with Crippen molar-refractivity contribution in [2.45, 2.75) is 181 Å². The Morgan fingerprint density at radius 2 is 1.27 bits per heavy atom. The van der Waals surface area contributed by atoms with Crippen molar-refractivity contribution >= 4 is 25.8 Å². The third-order valence-electron chi connectivity index (χ3n) is 7.11. The maximum Gasteiger partial charge on any atom is 0.589 e. The van der Waals surface area contributed by atoms with Crippen molar-refractivity contribution in [2.75, 3.05) is 19.0 Å². The summed E-state index contributed by atoms with van der Waals surface area (Å²) >= 11 is 1.88. The van der Waals surface area contributed by atoms with Crippen molar-refractivity contribution in [3.8, 4) is 0 Å². The molecule has 0 aliphatic carbocycles. The summed E-state index contributed by atoms with van der Waals surface area (Å²) in [6.45, 7) is 14.2. The zero-order valence-corrected chi connectivity index (χ0v) is 29.6. The third kappa shape index (κ3) is 21.2. The van der Waals surface area contributed by atoms with Crippen molar-refractivity contribution in [2.24, 2.45) is 5.41 Å². The maximum atomic E-state index is 13.3. The van der Waals surface area contributed by atoms with Crippen LogP contribution in [0.5, 0.6) is 0 Å². The summed E-state index contributed by atoms with van der Waals surface area (Å²) < 4.78 is 29.9. The second-order valence-electron chi connectivity index (χ2n) is 12.8. The lowest BCUT2D eigenvalue weighted by molar-refractivity contribution is -0.201. The van der Waals surface area contributed by atoms with Crippen LogP contribution in [0.1, 0.15) is 164 Å². The first-order valence-electron chi connectivity index (χ1n) is 16.8. The zero-order valence-electron chi connectivity index (χ0n) is 27.8. The van der Waals surface area contributed by atoms with Crippen molar-refractivity contribution in [1.29, 1.82) is 0 Å². The van der Waals surface area contributed by atoms with Gasteiger partial charge in [0.1, 0.15) is 6.10 Å². The van der Waals surface area contributed by atoms with E-state index in [2.05, 4.69) is 13.8 Å². The molecule has 0 fully saturated rings. The number of unbranched alkanes of at least 4 members (excludes halogenated alkanes) is 14. The van der Waals surface area contributed by atoms with Gasteiger partial charge >= 0.3 is 19.5 Å². The SMILES string of the molecule is CCCCCCCCCCCCSC(CCCCCCCC)C(C)O[P+](=O)C(O)(OCCC)C(=O)OCC(C)(C)C. The van der Waals surface area contributed by atoms with E-state index in [1.54, 1.807) is 0 Å². The molecule has 0 aliphatic heterocycles. The summed E-state index contributed by atoms with van der Waals surface area (Å²) in [5.74, 6) is -0.00852. The molecule has 4 atom stereocenters. The molecule has 0 bridgehead atoms. The second-order valence-corrected chi connectivity index (χ2v) is 15.5. The molecule has 0 amide bonds. The largest absolute Gasteiger partial charge is 0.589 e. The first-order chi connectivity index (χ1) is 19.5. The summed E-state index contributed by atoms with van der Waals surface area (Å²) in [5, 5.41) is 11.2. The number of hydrogen-bond acceptors (Lipinski definition) is 7. The van der Waals surface area contributed by atoms with E-state index in [0.717, 1.165) is 25.0 Å². The topological polar surface area (TPSA) is 82.1 Å². The average Bonchev–Trinajstić information content (AvgIpc) is 2.93. The molecule has 0 aromatic rings. The van der Waals surface area contributed by atoms with E-state index in [1.165, 1.54) is 89.9 Å². The molecule has 0 aliphatic rings. The van der Waals surface area contributed by atoms with Crippen LogP contribution in [0.2, 0.25) is 0 Å². The van der Waals surface area contributed by atoms with Gasteiger partial charge in [0.15, 0.2) is 0 Å². The normalized spacial score (nSPS) is 15.4. The van der Waals surface area contributed by atoms with Gasteiger partial charge in [-0.3, -0.25) is 4.74 Å². The maximum absolute atomic E-state index is 13.3. The molecule has 6 nitrogen and oxygen atoms in total. The first-order valence-corrected chi connectivity index (χ1v) is 19.0. The smallest absolute Gasteiger partial charge is 0.458 e. The number of esters is 1. The number of rotatable bonds is 28. The van der Waals surface area contributed by atoms with E-state index in [1.807, 2.05) is 46.4 Å². The number of ether oxygens (including phenoxy) is 2. The molecule has 41 heavy (non-hydrogen) atoms. The summed E-state index contributed by atoms with van der Waals surface area (Å²) in [4.78, 5) is 12.8. The Kier molecular flexibility index (Phi) is 25.0. The highest BCUT2D eigenvalue weighted by molar-refractivity contribution is 7.99. The fourth-order valence-corrected chi connectivity index (χ4v) is 6.92. The average molecular weight is 622 g/mol. The molecule has 0 rings (SSSR count). The van der Waals surface area contributed by atoms with E-state index in [4.69, 9.17) is 14.0 Å². The van der Waals surface area contributed by atoms with Crippen LogP contribution in [0.4, 0.5) is 0 Å². The molecule has 0 saturated heterocycles. The quantitative estimate of drug-likeness (QED) is 0.0403. The van der Waals surface area contributed by atoms with Crippen LogP contribution in [-0.4, -0.2) is 46.9 Å². The van der Waals surface area contributed by atoms with E-state index in [9.17, 15) is 14.5 Å². The lowest BCUT2D eigenvalue weighted by Gasteiger charge is -2.23. The highest BCUT2D eigenvalue weighted by atomic mass is 32.2. The van der Waals surface area contributed by atoms with Gasteiger partial charge in [-0.1, -0.05) is 138 Å². The Bertz CT molecular complexity index is 656. The number of thioether (sulfide) groups is 1. The van der Waals surface area contributed by atoms with E-state index in [-0.39, 0.29) is 23.9 Å². The van der Waals surface area contributed by atoms with Crippen molar-refractivity contribution < 1.29 is 28.5 Å². The molecule has 0 spiro atoms. The summed E-state index contributed by atoms with van der Waals surface area (Å²) in [6.07, 6.45) is 21.5. The number of carbonyl (C=O) groups excluding carboxylic acids is 1. The molecule has 4 unspecified atom stereocenters. The van der Waals surface area contributed by atoms with Gasteiger partial charge in [-0.2, -0.15) is 11.8 Å². The van der Waals surface area contributed by atoms with Crippen LogP contribution in [0.15, 0.2) is 0 Å². The molecular formula is C33H66O6PS+. The standard InChI is InChI=1S/C33H66O6PS/c1-8-11-13-15-17-18-19-20-22-24-27-41-30(25-23-21-16-14-12-9-2)29(4)39-40(36)33(35,38-26-10-3)31(34)37-28-32(5,6)7/h29-30,35H,8-28H2,1-7H3/q+1. The molecule has 0 radical (unpaired) electrons. The Hall–Kier alpha value is -0.200. The van der Waals surface area contributed by atoms with Gasteiger partial charge in [0.25, 0.3) is 0 Å². The van der Waals surface area contributed by atoms with Gasteiger partial charge in [-0.15, -0.1) is 4.52 Å². The van der Waals surface area contributed by atoms with Gasteiger partial charge in [0, 0.05) is 5.25 Å². The number of aliphatic hydroxyl groups is 1. The minimum Gasteiger partial charge on any atom is -0.458 e. The van der Waals surface area contributed by atoms with Crippen LogP contribution < -0.4 is 0 Å². The van der Waals surface area contributed by atoms with Crippen molar-refractivity contribution in [1.82, 2.24) is 0 Å². The molecule has 0 aromatic carbocycles. The minimum atomic E-state index is -2.86. The summed E-state index contributed by atoms with van der Waals surface area (Å²) in [5.41, 5.74) is -2.90. The highest BCUT2D eigenvalue weighted by Gasteiger charge is 2.62. The number of hydrogen-bond donors (Lipinski definition) is 1. The third-order valence-corrected chi connectivity index (χ3v) is 10.0. The van der Waals surface area contributed by atoms with Crippen LogP contribution in [-0.2, 0) is 23.4 Å². The van der Waals surface area contributed by atoms with Crippen LogP contribution in [0.25, 0.3) is 0 Å². The molecule has 0 heterocycles. The lowest BCUT2D eigenvalue weighted by Crippen LogP contribution is -2.42. The molecule has 244 valence electrons. The van der Waals surface area contributed by atoms with Crippen molar-refractivity contribution in [3.05, 3.63) is 0 Å². The fourth-order valence-electron chi connectivity index (χ4n) is 4.50. The second kappa shape index (κ2) is 25.2. The van der Waals surface area contributed by atoms with Crippen molar-refractivity contribution in [3.63, 3.8) is 0 Å². The Morgan fingerprint density at radius 1 is 0.780 bits per heavy atom. The predicted octanol–water partition coefficient (Wildman–Crippen LogP) is 10.6. The van der Waals surface area contributed by atoms with Gasteiger partial charge in [0.2, 0.25) is 0 Å². The molecule has 8 heteroatoms. The Labute approximate surface area is 259 Å². The van der Waals surface area contributed by atoms with Crippen LogP contribution in [0, 0.1) is 5.41 Å². The molecule has 1 N–H and O–H groups in total. The fraction of sp³-hybridized carbons (Fsp3) is 0.970. The van der Waals surface area contributed by atoms with E-state index in [0.29, 0.717) is 6.42 Å². The highest BCUT2D eigenvalue weighted by Crippen LogP contribution is 2.43. The van der Waals surface area contributed by atoms with Gasteiger partial charge in [-0.05, 0) is 41.9 Å². The first kappa shape index (κ1) is 40.8. The monoisotopic (exact) mass is 621 g/mol. The lowest BCUT2D eigenvalue weighted by atomic mass is 9.99. The van der Waals surface area contributed by atoms with Gasteiger partial charge < -0.3 is 9.84 Å². The zero-order chi connectivity index (χ0) is 31.0. The van der Waals surface area contributed by atoms with E-state index >= 15 is 0 Å². The van der Waals surface area contributed by atoms with Crippen LogP contribution in [0.3, 0.4) is 0 Å². The number of carbonyl (C=O) groups is 1. The van der Waals surface area contributed by atoms with E-state index < -0.39 is 25.6 Å². The predicted molar refractivity (Wildman–Crippen MR) is 176 cm³/mol. The van der Waals surface area contributed by atoms with Gasteiger partial charge in [-0.25, -0.2) is 4.79 Å². The Balaban J connectivity index is 4.97. The molecular weight excluding hydrogens is 555 g/mol. The Morgan fingerprint density at radius 3 is 1.76 bits per heavy atom. The van der Waals surface area contributed by atoms with Gasteiger partial charge in [0.05, 0.1) is 13.2 Å². The minimum absolute atomic E-state index is 0.0780. The van der Waals surface area contributed by atoms with Crippen LogP contribution >= 0.6 is 19.8 Å². The summed E-state index contributed by atoms with van der Waals surface area (Å²) in [7, 11) is -2.86. The molecule has 0 saturated carbocycles. The molecule has 0 aromatic heterocycles.